The SMILES string of the molecule is Cc1ccc(NC(=O)COC(=O)/C=C/c2cccc(Cl)c2)c(F)c1. The molecule has 0 bridgehead atoms. The van der Waals surface area contributed by atoms with Gasteiger partial charge < -0.3 is 10.1 Å². The molecule has 0 saturated carbocycles. The predicted molar refractivity (Wildman–Crippen MR) is 91.2 cm³/mol. The van der Waals surface area contributed by atoms with Gasteiger partial charge in [0.1, 0.15) is 5.82 Å². The highest BCUT2D eigenvalue weighted by Crippen LogP contribution is 2.15. The third kappa shape index (κ3) is 5.52. The molecule has 4 nitrogen and oxygen atoms in total. The van der Waals surface area contributed by atoms with Crippen molar-refractivity contribution in [1.82, 2.24) is 0 Å². The van der Waals surface area contributed by atoms with E-state index < -0.39 is 24.3 Å². The van der Waals surface area contributed by atoms with Crippen LogP contribution in [-0.2, 0) is 14.3 Å². The summed E-state index contributed by atoms with van der Waals surface area (Å²) >= 11 is 5.83. The number of carbonyl (C=O) groups is 2. The predicted octanol–water partition coefficient (Wildman–Crippen LogP) is 3.98. The molecule has 0 atom stereocenters. The van der Waals surface area contributed by atoms with Gasteiger partial charge in [0.2, 0.25) is 0 Å². The molecule has 0 aliphatic rings. The fourth-order valence-corrected chi connectivity index (χ4v) is 2.07. The number of nitrogens with one attached hydrogen (secondary N) is 1. The topological polar surface area (TPSA) is 55.4 Å². The van der Waals surface area contributed by atoms with Crippen LogP contribution in [0.4, 0.5) is 10.1 Å². The number of esters is 1. The third-order valence-electron chi connectivity index (χ3n) is 3.00. The lowest BCUT2D eigenvalue weighted by Crippen LogP contribution is -2.20. The van der Waals surface area contributed by atoms with Crippen molar-refractivity contribution in [3.63, 3.8) is 0 Å². The molecule has 0 heterocycles. The fourth-order valence-electron chi connectivity index (χ4n) is 1.87. The van der Waals surface area contributed by atoms with E-state index in [1.165, 1.54) is 24.3 Å². The van der Waals surface area contributed by atoms with Crippen molar-refractivity contribution >= 4 is 35.2 Å². The quantitative estimate of drug-likeness (QED) is 0.657. The van der Waals surface area contributed by atoms with Crippen LogP contribution in [0, 0.1) is 12.7 Å². The number of hydrogen-bond acceptors (Lipinski definition) is 3. The molecule has 1 N–H and O–H groups in total. The Morgan fingerprint density at radius 2 is 2.04 bits per heavy atom. The lowest BCUT2D eigenvalue weighted by Gasteiger charge is -2.07. The fraction of sp³-hybridized carbons (Fsp3) is 0.111. The van der Waals surface area contributed by atoms with Gasteiger partial charge in [-0.2, -0.15) is 0 Å². The van der Waals surface area contributed by atoms with E-state index in [1.807, 2.05) is 0 Å². The van der Waals surface area contributed by atoms with Crippen molar-refractivity contribution in [2.24, 2.45) is 0 Å². The van der Waals surface area contributed by atoms with Crippen molar-refractivity contribution in [1.29, 1.82) is 0 Å². The normalized spacial score (nSPS) is 10.6. The summed E-state index contributed by atoms with van der Waals surface area (Å²) in [5, 5.41) is 2.89. The molecule has 2 aromatic carbocycles. The van der Waals surface area contributed by atoms with E-state index in [-0.39, 0.29) is 5.69 Å². The van der Waals surface area contributed by atoms with E-state index in [0.717, 1.165) is 11.1 Å². The van der Waals surface area contributed by atoms with Crippen LogP contribution in [0.3, 0.4) is 0 Å². The minimum absolute atomic E-state index is 0.0381. The minimum atomic E-state index is -0.686. The molecule has 0 aliphatic carbocycles. The Labute approximate surface area is 143 Å². The van der Waals surface area contributed by atoms with Crippen LogP contribution in [-0.4, -0.2) is 18.5 Å². The molecule has 6 heteroatoms. The summed E-state index contributed by atoms with van der Waals surface area (Å²) in [6.45, 7) is 1.23. The van der Waals surface area contributed by atoms with Crippen molar-refractivity contribution < 1.29 is 18.7 Å². The smallest absolute Gasteiger partial charge is 0.331 e. The molecule has 0 aromatic heterocycles. The second-order valence-corrected chi connectivity index (χ2v) is 5.46. The minimum Gasteiger partial charge on any atom is -0.452 e. The number of carbonyl (C=O) groups excluding carboxylic acids is 2. The Bertz CT molecular complexity index is 790. The molecule has 2 aromatic rings. The van der Waals surface area contributed by atoms with E-state index in [2.05, 4.69) is 5.32 Å². The van der Waals surface area contributed by atoms with Gasteiger partial charge in [0, 0.05) is 11.1 Å². The first-order valence-corrected chi connectivity index (χ1v) is 7.48. The molecule has 0 radical (unpaired) electrons. The van der Waals surface area contributed by atoms with E-state index in [4.69, 9.17) is 16.3 Å². The summed E-state index contributed by atoms with van der Waals surface area (Å²) in [6, 6.07) is 11.3. The largest absolute Gasteiger partial charge is 0.452 e. The van der Waals surface area contributed by atoms with Gasteiger partial charge >= 0.3 is 5.97 Å². The maximum atomic E-state index is 13.6. The molecule has 0 unspecified atom stereocenters. The molecule has 0 saturated heterocycles. The molecule has 0 spiro atoms. The Hall–Kier alpha value is -2.66. The van der Waals surface area contributed by atoms with Crippen molar-refractivity contribution in [2.75, 3.05) is 11.9 Å². The number of ether oxygens (including phenoxy) is 1. The first-order chi connectivity index (χ1) is 11.4. The van der Waals surface area contributed by atoms with E-state index in [9.17, 15) is 14.0 Å². The average molecular weight is 348 g/mol. The van der Waals surface area contributed by atoms with Crippen molar-refractivity contribution in [3.05, 3.63) is 70.5 Å². The molecular formula is C18H15ClFNO3. The van der Waals surface area contributed by atoms with Crippen molar-refractivity contribution in [3.8, 4) is 0 Å². The van der Waals surface area contributed by atoms with Crippen LogP contribution in [0.15, 0.2) is 48.5 Å². The lowest BCUT2D eigenvalue weighted by atomic mass is 10.2. The Balaban J connectivity index is 1.83. The lowest BCUT2D eigenvalue weighted by molar-refractivity contribution is -0.142. The number of benzene rings is 2. The summed E-state index contributed by atoms with van der Waals surface area (Å²) in [4.78, 5) is 23.3. The van der Waals surface area contributed by atoms with Crippen LogP contribution >= 0.6 is 11.6 Å². The highest BCUT2D eigenvalue weighted by Gasteiger charge is 2.09. The molecule has 1 amide bonds. The second kappa shape index (κ2) is 8.26. The van der Waals surface area contributed by atoms with E-state index in [1.54, 1.807) is 37.3 Å². The zero-order valence-corrected chi connectivity index (χ0v) is 13.6. The first-order valence-electron chi connectivity index (χ1n) is 7.10. The average Bonchev–Trinajstić information content (AvgIpc) is 2.54. The van der Waals surface area contributed by atoms with Crippen LogP contribution < -0.4 is 5.32 Å². The van der Waals surface area contributed by atoms with Crippen LogP contribution in [0.1, 0.15) is 11.1 Å². The van der Waals surface area contributed by atoms with Gasteiger partial charge in [0.05, 0.1) is 5.69 Å². The van der Waals surface area contributed by atoms with Crippen molar-refractivity contribution in [2.45, 2.75) is 6.92 Å². The van der Waals surface area contributed by atoms with Gasteiger partial charge in [-0.15, -0.1) is 0 Å². The third-order valence-corrected chi connectivity index (χ3v) is 3.24. The first kappa shape index (κ1) is 17.7. The zero-order valence-electron chi connectivity index (χ0n) is 12.9. The summed E-state index contributed by atoms with van der Waals surface area (Å²) < 4.78 is 18.4. The van der Waals surface area contributed by atoms with E-state index >= 15 is 0 Å². The molecule has 0 aliphatic heterocycles. The van der Waals surface area contributed by atoms with Crippen LogP contribution in [0.5, 0.6) is 0 Å². The standard InChI is InChI=1S/C18H15ClFNO3/c1-12-5-7-16(15(20)9-12)21-17(22)11-24-18(23)8-6-13-3-2-4-14(19)10-13/h2-10H,11H2,1H3,(H,21,22)/b8-6+. The van der Waals surface area contributed by atoms with Gasteiger partial charge in [-0.25, -0.2) is 9.18 Å². The molecular weight excluding hydrogens is 333 g/mol. The summed E-state index contributed by atoms with van der Waals surface area (Å²) in [5.41, 5.74) is 1.50. The number of aryl methyl sites for hydroxylation is 1. The second-order valence-electron chi connectivity index (χ2n) is 5.03. The number of amides is 1. The summed E-state index contributed by atoms with van der Waals surface area (Å²) in [6.07, 6.45) is 2.71. The molecule has 2 rings (SSSR count). The maximum absolute atomic E-state index is 13.6. The number of rotatable bonds is 5. The van der Waals surface area contributed by atoms with Crippen LogP contribution in [0.2, 0.25) is 5.02 Å². The van der Waals surface area contributed by atoms with Gasteiger partial charge in [-0.1, -0.05) is 29.8 Å². The molecule has 0 fully saturated rings. The highest BCUT2D eigenvalue weighted by molar-refractivity contribution is 6.30. The number of halogens is 2. The Morgan fingerprint density at radius 1 is 1.25 bits per heavy atom. The summed E-state index contributed by atoms with van der Waals surface area (Å²) in [7, 11) is 0. The Morgan fingerprint density at radius 3 is 2.75 bits per heavy atom. The number of hydrogen-bond donors (Lipinski definition) is 1. The maximum Gasteiger partial charge on any atom is 0.331 e. The van der Waals surface area contributed by atoms with Gasteiger partial charge in [-0.3, -0.25) is 4.79 Å². The van der Waals surface area contributed by atoms with Gasteiger partial charge in [0.15, 0.2) is 6.61 Å². The van der Waals surface area contributed by atoms with E-state index in [0.29, 0.717) is 5.02 Å². The van der Waals surface area contributed by atoms with Crippen LogP contribution in [0.25, 0.3) is 6.08 Å². The van der Waals surface area contributed by atoms with Gasteiger partial charge in [-0.05, 0) is 48.4 Å². The molecule has 24 heavy (non-hydrogen) atoms. The van der Waals surface area contributed by atoms with Gasteiger partial charge in [0.25, 0.3) is 5.91 Å². The summed E-state index contributed by atoms with van der Waals surface area (Å²) in [5.74, 6) is -1.85. The number of anilines is 1. The Kier molecular flexibility index (Phi) is 6.09. The monoisotopic (exact) mass is 347 g/mol. The highest BCUT2D eigenvalue weighted by atomic mass is 35.5. The zero-order chi connectivity index (χ0) is 17.5. The molecule has 124 valence electrons.